The molecule has 14 heavy (non-hydrogen) atoms. The molecule has 1 rings (SSSR count). The molecule has 4 heteroatoms. The van der Waals surface area contributed by atoms with Gasteiger partial charge in [0.1, 0.15) is 0 Å². The van der Waals surface area contributed by atoms with Crippen LogP contribution in [0, 0.1) is 0 Å². The van der Waals surface area contributed by atoms with Gasteiger partial charge in [-0.05, 0) is 0 Å². The molecular formula is C10H17NOS2. The van der Waals surface area contributed by atoms with Crippen LogP contribution in [-0.2, 0) is 5.75 Å². The molecule has 0 aliphatic heterocycles. The quantitative estimate of drug-likeness (QED) is 0.846. The lowest BCUT2D eigenvalue weighted by atomic mass is 10.2. The van der Waals surface area contributed by atoms with Gasteiger partial charge in [0.15, 0.2) is 0 Å². The minimum Gasteiger partial charge on any atom is -0.395 e. The second-order valence-corrected chi connectivity index (χ2v) is 5.95. The average molecular weight is 231 g/mol. The predicted molar refractivity (Wildman–Crippen MR) is 64.0 cm³/mol. The Morgan fingerprint density at radius 2 is 2.21 bits per heavy atom. The molecule has 0 radical (unpaired) electrons. The second-order valence-electron chi connectivity index (χ2n) is 3.64. The van der Waals surface area contributed by atoms with Crippen LogP contribution < -0.4 is 0 Å². The lowest BCUT2D eigenvalue weighted by Gasteiger charge is -2.04. The van der Waals surface area contributed by atoms with Gasteiger partial charge in [-0.3, -0.25) is 0 Å². The average Bonchev–Trinajstić information content (AvgIpc) is 2.62. The van der Waals surface area contributed by atoms with E-state index in [-0.39, 0.29) is 6.61 Å². The fourth-order valence-corrected chi connectivity index (χ4v) is 2.58. The summed E-state index contributed by atoms with van der Waals surface area (Å²) in [5.74, 6) is 1.43. The molecule has 0 amide bonds. The fourth-order valence-electron chi connectivity index (χ4n) is 0.934. The zero-order valence-electron chi connectivity index (χ0n) is 8.86. The van der Waals surface area contributed by atoms with Crippen molar-refractivity contribution in [2.45, 2.75) is 37.7 Å². The van der Waals surface area contributed by atoms with Crippen LogP contribution in [0.25, 0.3) is 0 Å². The first-order chi connectivity index (χ1) is 6.63. The van der Waals surface area contributed by atoms with Crippen molar-refractivity contribution in [2.75, 3.05) is 6.61 Å². The van der Waals surface area contributed by atoms with E-state index in [4.69, 9.17) is 5.11 Å². The minimum absolute atomic E-state index is 0.242. The third kappa shape index (κ3) is 3.59. The maximum absolute atomic E-state index is 8.87. The minimum atomic E-state index is 0.242. The lowest BCUT2D eigenvalue weighted by molar-refractivity contribution is 0.300. The first-order valence-corrected chi connectivity index (χ1v) is 6.73. The Bertz CT molecular complexity index is 273. The summed E-state index contributed by atoms with van der Waals surface area (Å²) in [6.45, 7) is 6.59. The van der Waals surface area contributed by atoms with Gasteiger partial charge in [0.05, 0.1) is 17.3 Å². The Hall–Kier alpha value is -0.0600. The van der Waals surface area contributed by atoms with Gasteiger partial charge in [0.2, 0.25) is 0 Å². The van der Waals surface area contributed by atoms with Crippen molar-refractivity contribution in [1.82, 2.24) is 4.98 Å². The van der Waals surface area contributed by atoms with Gasteiger partial charge >= 0.3 is 0 Å². The van der Waals surface area contributed by atoms with E-state index in [9.17, 15) is 0 Å². The molecule has 0 spiro atoms. The third-order valence-electron chi connectivity index (χ3n) is 1.84. The van der Waals surface area contributed by atoms with E-state index < -0.39 is 0 Å². The van der Waals surface area contributed by atoms with Crippen LogP contribution in [0.4, 0.5) is 0 Å². The Kier molecular flexibility index (Phi) is 4.92. The van der Waals surface area contributed by atoms with Crippen LogP contribution in [0.3, 0.4) is 0 Å². The molecule has 1 N–H and O–H groups in total. The predicted octanol–water partition coefficient (Wildman–Crippen LogP) is 2.88. The van der Waals surface area contributed by atoms with E-state index in [1.807, 2.05) is 6.92 Å². The molecule has 1 atom stereocenters. The number of aromatic nitrogens is 1. The fraction of sp³-hybridized carbons (Fsp3) is 0.700. The monoisotopic (exact) mass is 231 g/mol. The number of rotatable bonds is 5. The van der Waals surface area contributed by atoms with E-state index >= 15 is 0 Å². The maximum atomic E-state index is 8.87. The number of thioether (sulfide) groups is 1. The second kappa shape index (κ2) is 5.73. The number of thiazole rings is 1. The smallest absolute Gasteiger partial charge is 0.0954 e. The first-order valence-electron chi connectivity index (χ1n) is 4.80. The van der Waals surface area contributed by atoms with Gasteiger partial charge in [-0.15, -0.1) is 11.3 Å². The van der Waals surface area contributed by atoms with Crippen LogP contribution in [0.2, 0.25) is 0 Å². The summed E-state index contributed by atoms with van der Waals surface area (Å²) in [4.78, 5) is 4.53. The lowest BCUT2D eigenvalue weighted by Crippen LogP contribution is -2.02. The molecule has 0 fully saturated rings. The van der Waals surface area contributed by atoms with Crippen LogP contribution in [0.5, 0.6) is 0 Å². The van der Waals surface area contributed by atoms with Crippen molar-refractivity contribution in [3.05, 3.63) is 16.1 Å². The highest BCUT2D eigenvalue weighted by Crippen LogP contribution is 2.23. The zero-order valence-corrected chi connectivity index (χ0v) is 10.5. The number of aliphatic hydroxyl groups is 1. The van der Waals surface area contributed by atoms with Gasteiger partial charge in [-0.2, -0.15) is 11.8 Å². The zero-order chi connectivity index (χ0) is 10.6. The van der Waals surface area contributed by atoms with Gasteiger partial charge in [0.25, 0.3) is 0 Å². The summed E-state index contributed by atoms with van der Waals surface area (Å²) in [6.07, 6.45) is 0. The summed E-state index contributed by atoms with van der Waals surface area (Å²) in [5, 5.41) is 12.5. The number of hydrogen-bond donors (Lipinski definition) is 1. The Morgan fingerprint density at radius 3 is 2.71 bits per heavy atom. The van der Waals surface area contributed by atoms with Crippen molar-refractivity contribution >= 4 is 23.1 Å². The van der Waals surface area contributed by atoms with Crippen LogP contribution in [0.1, 0.15) is 37.4 Å². The molecule has 0 aromatic carbocycles. The molecule has 2 nitrogen and oxygen atoms in total. The Morgan fingerprint density at radius 1 is 1.50 bits per heavy atom. The van der Waals surface area contributed by atoms with Crippen LogP contribution in [0.15, 0.2) is 5.38 Å². The van der Waals surface area contributed by atoms with Gasteiger partial charge in [-0.25, -0.2) is 4.98 Å². The van der Waals surface area contributed by atoms with Gasteiger partial charge in [-0.1, -0.05) is 20.8 Å². The van der Waals surface area contributed by atoms with Gasteiger partial charge in [0, 0.05) is 22.3 Å². The van der Waals surface area contributed by atoms with Gasteiger partial charge < -0.3 is 5.11 Å². The molecule has 0 aliphatic carbocycles. The summed E-state index contributed by atoms with van der Waals surface area (Å²) in [6, 6.07) is 0. The van der Waals surface area contributed by atoms with Crippen molar-refractivity contribution in [3.8, 4) is 0 Å². The van der Waals surface area contributed by atoms with Crippen molar-refractivity contribution < 1.29 is 5.11 Å². The molecule has 0 aliphatic rings. The highest BCUT2D eigenvalue weighted by molar-refractivity contribution is 7.99. The highest BCUT2D eigenvalue weighted by Gasteiger charge is 2.07. The Labute approximate surface area is 93.8 Å². The van der Waals surface area contributed by atoms with E-state index in [1.165, 1.54) is 5.01 Å². The SMILES string of the molecule is CC(CO)SCc1csc(C(C)C)n1. The third-order valence-corrected chi connectivity index (χ3v) is 4.21. The first kappa shape index (κ1) is 12.0. The molecule has 1 aromatic heterocycles. The van der Waals surface area contributed by atoms with Crippen molar-refractivity contribution in [3.63, 3.8) is 0 Å². The number of aliphatic hydroxyl groups excluding tert-OH is 1. The van der Waals surface area contributed by atoms with E-state index in [2.05, 4.69) is 24.2 Å². The molecule has 1 unspecified atom stereocenters. The molecule has 0 bridgehead atoms. The highest BCUT2D eigenvalue weighted by atomic mass is 32.2. The molecule has 0 saturated heterocycles. The van der Waals surface area contributed by atoms with Crippen LogP contribution in [-0.4, -0.2) is 21.9 Å². The normalized spacial score (nSPS) is 13.5. The van der Waals surface area contributed by atoms with E-state index in [1.54, 1.807) is 23.1 Å². The van der Waals surface area contributed by atoms with E-state index in [0.717, 1.165) is 11.4 Å². The summed E-state index contributed by atoms with van der Waals surface area (Å²) in [5.41, 5.74) is 1.14. The summed E-state index contributed by atoms with van der Waals surface area (Å²) in [7, 11) is 0. The Balaban J connectivity index is 2.44. The maximum Gasteiger partial charge on any atom is 0.0954 e. The number of nitrogens with zero attached hydrogens (tertiary/aromatic N) is 1. The summed E-state index contributed by atoms with van der Waals surface area (Å²) < 4.78 is 0. The van der Waals surface area contributed by atoms with E-state index in [0.29, 0.717) is 11.2 Å². The molecule has 1 aromatic rings. The van der Waals surface area contributed by atoms with Crippen LogP contribution >= 0.6 is 23.1 Å². The van der Waals surface area contributed by atoms with Crippen molar-refractivity contribution in [2.24, 2.45) is 0 Å². The largest absolute Gasteiger partial charge is 0.395 e. The number of hydrogen-bond acceptors (Lipinski definition) is 4. The molecule has 80 valence electrons. The molecule has 1 heterocycles. The standard InChI is InChI=1S/C10H17NOS2/c1-7(2)10-11-9(6-14-10)5-13-8(3)4-12/h6-8,12H,4-5H2,1-3H3. The topological polar surface area (TPSA) is 33.1 Å². The van der Waals surface area contributed by atoms with Crippen molar-refractivity contribution in [1.29, 1.82) is 0 Å². The molecule has 0 saturated carbocycles. The summed E-state index contributed by atoms with van der Waals surface area (Å²) >= 11 is 3.48. The molecular weight excluding hydrogens is 214 g/mol.